The van der Waals surface area contributed by atoms with Crippen LogP contribution in [0.4, 0.5) is 0 Å². The normalized spacial score (nSPS) is 10.3. The molecule has 0 fully saturated rings. The summed E-state index contributed by atoms with van der Waals surface area (Å²) < 4.78 is 4.65. The number of carbonyl (C=O) groups excluding carboxylic acids is 1. The Morgan fingerprint density at radius 3 is 2.80 bits per heavy atom. The van der Waals surface area contributed by atoms with Crippen molar-refractivity contribution in [2.75, 3.05) is 6.61 Å². The molecule has 0 saturated heterocycles. The predicted molar refractivity (Wildman–Crippen MR) is 39.2 cm³/mol. The molecule has 0 saturated carbocycles. The Hall–Kier alpha value is -1.23. The van der Waals surface area contributed by atoms with E-state index >= 15 is 0 Å². The van der Waals surface area contributed by atoms with Crippen LogP contribution in [0, 0.1) is 12.3 Å². The van der Waals surface area contributed by atoms with Gasteiger partial charge in [0.2, 0.25) is 0 Å². The van der Waals surface area contributed by atoms with Crippen molar-refractivity contribution >= 4 is 5.97 Å². The highest BCUT2D eigenvalue weighted by atomic mass is 16.5. The summed E-state index contributed by atoms with van der Waals surface area (Å²) in [5.41, 5.74) is 0.462. The van der Waals surface area contributed by atoms with Crippen molar-refractivity contribution in [2.45, 2.75) is 13.8 Å². The van der Waals surface area contributed by atoms with Crippen molar-refractivity contribution in [1.29, 1.82) is 0 Å². The number of hydrogen-bond acceptors (Lipinski definition) is 2. The number of ether oxygens (including phenoxy) is 1. The summed E-state index contributed by atoms with van der Waals surface area (Å²) in [6, 6.07) is 0. The molecule has 0 heterocycles. The largest absolute Gasteiger partial charge is 0.463 e. The topological polar surface area (TPSA) is 26.3 Å². The van der Waals surface area contributed by atoms with Crippen LogP contribution >= 0.6 is 0 Å². The van der Waals surface area contributed by atoms with Gasteiger partial charge in [0.15, 0.2) is 0 Å². The molecule has 0 aromatic heterocycles. The van der Waals surface area contributed by atoms with Crippen LogP contribution in [0.25, 0.3) is 0 Å². The van der Waals surface area contributed by atoms with Gasteiger partial charge in [-0.3, -0.25) is 0 Å². The van der Waals surface area contributed by atoms with Crippen LogP contribution in [-0.4, -0.2) is 12.6 Å². The molecular weight excluding hydrogens is 128 g/mol. The molecule has 0 amide bonds. The van der Waals surface area contributed by atoms with E-state index in [1.807, 2.05) is 0 Å². The van der Waals surface area contributed by atoms with Gasteiger partial charge in [0, 0.05) is 5.57 Å². The fourth-order valence-electron chi connectivity index (χ4n) is 0.429. The maximum Gasteiger partial charge on any atom is 0.334 e. The Bertz CT molecular complexity index is 184. The fraction of sp³-hybridized carbons (Fsp3) is 0.375. The number of carbonyl (C=O) groups is 1. The molecule has 10 heavy (non-hydrogen) atoms. The molecule has 0 atom stereocenters. The maximum absolute atomic E-state index is 10.7. The van der Waals surface area contributed by atoms with Crippen LogP contribution < -0.4 is 0 Å². The van der Waals surface area contributed by atoms with Gasteiger partial charge >= 0.3 is 5.97 Å². The van der Waals surface area contributed by atoms with Gasteiger partial charge in [-0.05, 0) is 19.9 Å². The average Bonchev–Trinajstić information content (AvgIpc) is 1.89. The van der Waals surface area contributed by atoms with E-state index in [1.165, 1.54) is 6.08 Å². The molecule has 0 aromatic carbocycles. The van der Waals surface area contributed by atoms with E-state index < -0.39 is 0 Å². The van der Waals surface area contributed by atoms with E-state index in [0.717, 1.165) is 0 Å². The Labute approximate surface area is 60.9 Å². The Morgan fingerprint density at radius 1 is 1.80 bits per heavy atom. The maximum atomic E-state index is 10.7. The second-order valence-electron chi connectivity index (χ2n) is 1.71. The summed E-state index contributed by atoms with van der Waals surface area (Å²) in [5.74, 6) is 1.90. The van der Waals surface area contributed by atoms with Crippen LogP contribution in [-0.2, 0) is 9.53 Å². The van der Waals surface area contributed by atoms with Gasteiger partial charge in [-0.15, -0.1) is 6.42 Å². The quantitative estimate of drug-likeness (QED) is 0.325. The molecule has 0 aliphatic rings. The number of allylic oxidation sites excluding steroid dienone is 1. The molecule has 0 bridgehead atoms. The fourth-order valence-corrected chi connectivity index (χ4v) is 0.429. The Kier molecular flexibility index (Phi) is 4.06. The highest BCUT2D eigenvalue weighted by Gasteiger charge is 2.01. The zero-order valence-electron chi connectivity index (χ0n) is 6.18. The zero-order valence-corrected chi connectivity index (χ0v) is 6.18. The summed E-state index contributed by atoms with van der Waals surface area (Å²) in [6.07, 6.45) is 6.32. The highest BCUT2D eigenvalue weighted by Crippen LogP contribution is 1.94. The molecule has 2 heteroatoms. The first-order valence-corrected chi connectivity index (χ1v) is 3.02. The van der Waals surface area contributed by atoms with Gasteiger partial charge < -0.3 is 4.74 Å². The molecule has 0 spiro atoms. The smallest absolute Gasteiger partial charge is 0.334 e. The monoisotopic (exact) mass is 138 g/mol. The molecule has 0 aliphatic heterocycles. The van der Waals surface area contributed by atoms with E-state index in [9.17, 15) is 4.79 Å². The molecule has 2 nitrogen and oxygen atoms in total. The summed E-state index contributed by atoms with van der Waals surface area (Å²) in [6.45, 7) is 3.76. The second-order valence-corrected chi connectivity index (χ2v) is 1.71. The van der Waals surface area contributed by atoms with Gasteiger partial charge in [0.05, 0.1) is 6.61 Å². The van der Waals surface area contributed by atoms with E-state index in [2.05, 4.69) is 10.7 Å². The lowest BCUT2D eigenvalue weighted by atomic mass is 10.3. The van der Waals surface area contributed by atoms with Gasteiger partial charge in [0.25, 0.3) is 0 Å². The first-order chi connectivity index (χ1) is 4.72. The van der Waals surface area contributed by atoms with Crippen molar-refractivity contribution in [3.63, 3.8) is 0 Å². The van der Waals surface area contributed by atoms with Crippen molar-refractivity contribution < 1.29 is 9.53 Å². The SMILES string of the molecule is C#C/C=C(\C)C(=O)OCC. The van der Waals surface area contributed by atoms with Crippen LogP contribution in [0.5, 0.6) is 0 Å². The number of terminal acetylenes is 1. The summed E-state index contributed by atoms with van der Waals surface area (Å²) >= 11 is 0. The molecule has 54 valence electrons. The van der Waals surface area contributed by atoms with Crippen molar-refractivity contribution in [3.05, 3.63) is 11.6 Å². The first kappa shape index (κ1) is 8.77. The minimum absolute atomic E-state index is 0.347. The van der Waals surface area contributed by atoms with Crippen LogP contribution in [0.3, 0.4) is 0 Å². The molecule has 0 aliphatic carbocycles. The van der Waals surface area contributed by atoms with Gasteiger partial charge in [-0.25, -0.2) is 4.79 Å². The second kappa shape index (κ2) is 4.63. The zero-order chi connectivity index (χ0) is 7.98. The van der Waals surface area contributed by atoms with Crippen LogP contribution in [0.2, 0.25) is 0 Å². The van der Waals surface area contributed by atoms with Gasteiger partial charge in [0.1, 0.15) is 0 Å². The van der Waals surface area contributed by atoms with Crippen molar-refractivity contribution in [3.8, 4) is 12.3 Å². The first-order valence-electron chi connectivity index (χ1n) is 3.02. The van der Waals surface area contributed by atoms with Gasteiger partial charge in [-0.2, -0.15) is 0 Å². The lowest BCUT2D eigenvalue weighted by Gasteiger charge is -1.98. The minimum atomic E-state index is -0.347. The standard InChI is InChI=1S/C8H10O2/c1-4-6-7(3)8(9)10-5-2/h1,6H,5H2,2-3H3/b7-6+. The summed E-state index contributed by atoms with van der Waals surface area (Å²) in [5, 5.41) is 0. The Balaban J connectivity index is 3.98. The summed E-state index contributed by atoms with van der Waals surface area (Å²) in [7, 11) is 0. The molecule has 0 N–H and O–H groups in total. The predicted octanol–water partition coefficient (Wildman–Crippen LogP) is 1.13. The van der Waals surface area contributed by atoms with Crippen molar-refractivity contribution in [1.82, 2.24) is 0 Å². The molecule has 0 rings (SSSR count). The number of hydrogen-bond donors (Lipinski definition) is 0. The third-order valence-electron chi connectivity index (χ3n) is 0.897. The molecular formula is C8H10O2. The lowest BCUT2D eigenvalue weighted by molar-refractivity contribution is -0.138. The number of esters is 1. The highest BCUT2D eigenvalue weighted by molar-refractivity contribution is 5.88. The van der Waals surface area contributed by atoms with E-state index in [-0.39, 0.29) is 5.97 Å². The molecule has 0 unspecified atom stereocenters. The third kappa shape index (κ3) is 2.93. The minimum Gasteiger partial charge on any atom is -0.463 e. The number of rotatable bonds is 2. The molecule has 0 radical (unpaired) electrons. The van der Waals surface area contributed by atoms with Crippen LogP contribution in [0.15, 0.2) is 11.6 Å². The van der Waals surface area contributed by atoms with E-state index in [1.54, 1.807) is 13.8 Å². The Morgan fingerprint density at radius 2 is 2.40 bits per heavy atom. The van der Waals surface area contributed by atoms with E-state index in [4.69, 9.17) is 6.42 Å². The van der Waals surface area contributed by atoms with Gasteiger partial charge in [-0.1, -0.05) is 5.92 Å². The van der Waals surface area contributed by atoms with Crippen molar-refractivity contribution in [2.24, 2.45) is 0 Å². The third-order valence-corrected chi connectivity index (χ3v) is 0.897. The van der Waals surface area contributed by atoms with E-state index in [0.29, 0.717) is 12.2 Å². The van der Waals surface area contributed by atoms with Crippen LogP contribution in [0.1, 0.15) is 13.8 Å². The molecule has 0 aromatic rings. The summed E-state index contributed by atoms with van der Waals surface area (Å²) in [4.78, 5) is 10.7. The average molecular weight is 138 g/mol. The lowest BCUT2D eigenvalue weighted by Crippen LogP contribution is -2.04.